The molecule has 0 bridgehead atoms. The van der Waals surface area contributed by atoms with Crippen LogP contribution in [0.25, 0.3) is 0 Å². The molecular weight excluding hydrogens is 543 g/mol. The first kappa shape index (κ1) is 30.3. The highest BCUT2D eigenvalue weighted by molar-refractivity contribution is 7.92. The first-order valence-electron chi connectivity index (χ1n) is 14.0. The van der Waals surface area contributed by atoms with Crippen LogP contribution in [-0.2, 0) is 16.6 Å². The number of amides is 2. The summed E-state index contributed by atoms with van der Waals surface area (Å²) in [4.78, 5) is 17.4. The second kappa shape index (κ2) is 13.8. The number of piperidine rings is 1. The quantitative estimate of drug-likeness (QED) is 0.266. The Kier molecular flexibility index (Phi) is 10.2. The fourth-order valence-corrected chi connectivity index (χ4v) is 5.50. The van der Waals surface area contributed by atoms with Crippen LogP contribution in [0.2, 0.25) is 0 Å². The van der Waals surface area contributed by atoms with E-state index in [9.17, 15) is 17.6 Å². The summed E-state index contributed by atoms with van der Waals surface area (Å²) in [5, 5.41) is 2.79. The number of likely N-dealkylation sites (tertiary alicyclic amines) is 1. The Hall–Kier alpha value is -3.63. The SMILES string of the molecule is CCCCN(C(=O)Nc1ccc(C)cc1F)C1CCN(Cc2ccc(Oc3ccc(NS(C)(=O)=O)cc3)cc2)CC1. The van der Waals surface area contributed by atoms with E-state index < -0.39 is 15.8 Å². The smallest absolute Gasteiger partial charge is 0.322 e. The molecule has 4 rings (SSSR count). The van der Waals surface area contributed by atoms with Crippen LogP contribution in [0.3, 0.4) is 0 Å². The molecule has 0 saturated carbocycles. The van der Waals surface area contributed by atoms with Gasteiger partial charge in [-0.15, -0.1) is 0 Å². The number of carbonyl (C=O) groups is 1. The Morgan fingerprint density at radius 3 is 2.24 bits per heavy atom. The molecule has 1 aliphatic heterocycles. The lowest BCUT2D eigenvalue weighted by molar-refractivity contribution is 0.122. The number of carbonyl (C=O) groups excluding carboxylic acids is 1. The number of ether oxygens (including phenoxy) is 1. The summed E-state index contributed by atoms with van der Waals surface area (Å²) in [5.41, 5.74) is 2.68. The maximum absolute atomic E-state index is 14.4. The average molecular weight is 583 g/mol. The highest BCUT2D eigenvalue weighted by atomic mass is 32.2. The minimum absolute atomic E-state index is 0.112. The van der Waals surface area contributed by atoms with Crippen molar-refractivity contribution in [1.82, 2.24) is 9.80 Å². The number of hydrogen-bond acceptors (Lipinski definition) is 5. The Labute approximate surface area is 242 Å². The number of nitrogens with one attached hydrogen (secondary N) is 2. The van der Waals surface area contributed by atoms with Crippen LogP contribution in [0.4, 0.5) is 20.6 Å². The van der Waals surface area contributed by atoms with Gasteiger partial charge in [-0.05, 0) is 85.8 Å². The number of sulfonamides is 1. The maximum atomic E-state index is 14.4. The van der Waals surface area contributed by atoms with Gasteiger partial charge in [-0.25, -0.2) is 17.6 Å². The van der Waals surface area contributed by atoms with Gasteiger partial charge in [0.15, 0.2) is 0 Å². The van der Waals surface area contributed by atoms with Crippen LogP contribution in [0.5, 0.6) is 11.5 Å². The monoisotopic (exact) mass is 582 g/mol. The van der Waals surface area contributed by atoms with Gasteiger partial charge in [0.05, 0.1) is 11.9 Å². The summed E-state index contributed by atoms with van der Waals surface area (Å²) in [6.45, 7) is 7.11. The number of unbranched alkanes of at least 4 members (excludes halogenated alkanes) is 1. The van der Waals surface area contributed by atoms with Crippen LogP contribution >= 0.6 is 0 Å². The third kappa shape index (κ3) is 9.19. The summed E-state index contributed by atoms with van der Waals surface area (Å²) in [5.74, 6) is 0.888. The molecule has 0 aromatic heterocycles. The number of rotatable bonds is 11. The fraction of sp³-hybridized carbons (Fsp3) is 0.387. The van der Waals surface area contributed by atoms with Gasteiger partial charge in [0.25, 0.3) is 0 Å². The summed E-state index contributed by atoms with van der Waals surface area (Å²) in [6.07, 6.45) is 4.71. The second-order valence-electron chi connectivity index (χ2n) is 10.6. The lowest BCUT2D eigenvalue weighted by Crippen LogP contribution is -2.49. The molecule has 41 heavy (non-hydrogen) atoms. The predicted molar refractivity (Wildman–Crippen MR) is 161 cm³/mol. The summed E-state index contributed by atoms with van der Waals surface area (Å²) in [6, 6.07) is 19.4. The van der Waals surface area contributed by atoms with Crippen molar-refractivity contribution in [2.45, 2.75) is 52.1 Å². The maximum Gasteiger partial charge on any atom is 0.322 e. The Morgan fingerprint density at radius 1 is 1.02 bits per heavy atom. The van der Waals surface area contributed by atoms with Gasteiger partial charge in [-0.2, -0.15) is 0 Å². The van der Waals surface area contributed by atoms with E-state index in [0.29, 0.717) is 23.7 Å². The molecule has 0 spiro atoms. The van der Waals surface area contributed by atoms with Crippen molar-refractivity contribution < 1.29 is 22.3 Å². The third-order valence-corrected chi connectivity index (χ3v) is 7.71. The predicted octanol–water partition coefficient (Wildman–Crippen LogP) is 6.60. The van der Waals surface area contributed by atoms with Gasteiger partial charge in [0, 0.05) is 37.9 Å². The number of halogens is 1. The molecule has 0 aliphatic carbocycles. The molecule has 1 saturated heterocycles. The zero-order valence-corrected chi connectivity index (χ0v) is 24.7. The van der Waals surface area contributed by atoms with Crippen molar-refractivity contribution in [2.24, 2.45) is 0 Å². The molecule has 1 aliphatic rings. The molecule has 1 heterocycles. The molecule has 0 atom stereocenters. The van der Waals surface area contributed by atoms with E-state index in [0.717, 1.165) is 57.1 Å². The van der Waals surface area contributed by atoms with Gasteiger partial charge >= 0.3 is 6.03 Å². The topological polar surface area (TPSA) is 91.0 Å². The van der Waals surface area contributed by atoms with Crippen molar-refractivity contribution in [3.8, 4) is 11.5 Å². The molecule has 3 aromatic rings. The molecule has 0 unspecified atom stereocenters. The van der Waals surface area contributed by atoms with E-state index in [-0.39, 0.29) is 17.8 Å². The van der Waals surface area contributed by atoms with Crippen LogP contribution in [0.1, 0.15) is 43.7 Å². The molecule has 2 amide bonds. The van der Waals surface area contributed by atoms with E-state index in [1.54, 1.807) is 36.4 Å². The van der Waals surface area contributed by atoms with Crippen molar-refractivity contribution in [3.63, 3.8) is 0 Å². The van der Waals surface area contributed by atoms with Crippen LogP contribution in [-0.4, -0.2) is 56.2 Å². The Balaban J connectivity index is 1.28. The van der Waals surface area contributed by atoms with Gasteiger partial charge in [-0.3, -0.25) is 9.62 Å². The molecule has 2 N–H and O–H groups in total. The Bertz CT molecular complexity index is 1410. The third-order valence-electron chi connectivity index (χ3n) is 7.10. The van der Waals surface area contributed by atoms with E-state index in [1.807, 2.05) is 36.1 Å². The van der Waals surface area contributed by atoms with Gasteiger partial charge in [0.2, 0.25) is 10.0 Å². The standard InChI is InChI=1S/C31H39FN4O4S/c1-4-5-18-36(31(37)33-30-15-6-23(2)21-29(30)32)26-16-19-35(20-17-26)22-24-7-11-27(12-8-24)40-28-13-9-25(10-14-28)34-41(3,38)39/h6-15,21,26,34H,4-5,16-20,22H2,1-3H3,(H,33,37). The minimum Gasteiger partial charge on any atom is -0.457 e. The Morgan fingerprint density at radius 2 is 1.66 bits per heavy atom. The first-order chi connectivity index (χ1) is 19.6. The number of urea groups is 1. The molecular formula is C31H39FN4O4S. The lowest BCUT2D eigenvalue weighted by atomic mass is 10.0. The van der Waals surface area contributed by atoms with E-state index in [1.165, 1.54) is 11.6 Å². The fourth-order valence-electron chi connectivity index (χ4n) is 4.94. The normalized spacial score (nSPS) is 14.4. The summed E-state index contributed by atoms with van der Waals surface area (Å²) in [7, 11) is -3.32. The highest BCUT2D eigenvalue weighted by Crippen LogP contribution is 2.25. The number of hydrogen-bond donors (Lipinski definition) is 2. The zero-order chi connectivity index (χ0) is 29.4. The molecule has 8 nitrogen and oxygen atoms in total. The van der Waals surface area contributed by atoms with Crippen molar-refractivity contribution in [1.29, 1.82) is 0 Å². The molecule has 3 aromatic carbocycles. The number of nitrogens with zero attached hydrogens (tertiary/aromatic N) is 2. The van der Waals surface area contributed by atoms with Gasteiger partial charge in [0.1, 0.15) is 17.3 Å². The second-order valence-corrected chi connectivity index (χ2v) is 12.4. The van der Waals surface area contributed by atoms with Crippen LogP contribution < -0.4 is 14.8 Å². The molecule has 220 valence electrons. The van der Waals surface area contributed by atoms with Crippen molar-refractivity contribution in [3.05, 3.63) is 83.7 Å². The van der Waals surface area contributed by atoms with E-state index >= 15 is 0 Å². The summed E-state index contributed by atoms with van der Waals surface area (Å²) < 4.78 is 45.4. The average Bonchev–Trinajstić information content (AvgIpc) is 2.93. The van der Waals surface area contributed by atoms with Gasteiger partial charge < -0.3 is 15.0 Å². The van der Waals surface area contributed by atoms with Crippen LogP contribution in [0, 0.1) is 12.7 Å². The first-order valence-corrected chi connectivity index (χ1v) is 15.9. The van der Waals surface area contributed by atoms with Gasteiger partial charge in [-0.1, -0.05) is 31.5 Å². The minimum atomic E-state index is -3.32. The largest absolute Gasteiger partial charge is 0.457 e. The van der Waals surface area contributed by atoms with Crippen molar-refractivity contribution in [2.75, 3.05) is 35.9 Å². The molecule has 1 fully saturated rings. The zero-order valence-electron chi connectivity index (χ0n) is 23.9. The van der Waals surface area contributed by atoms with Crippen LogP contribution in [0.15, 0.2) is 66.7 Å². The number of benzene rings is 3. The molecule has 10 heteroatoms. The van der Waals surface area contributed by atoms with E-state index in [2.05, 4.69) is 21.9 Å². The molecule has 0 radical (unpaired) electrons. The number of anilines is 2. The summed E-state index contributed by atoms with van der Waals surface area (Å²) >= 11 is 0. The highest BCUT2D eigenvalue weighted by Gasteiger charge is 2.28. The van der Waals surface area contributed by atoms with E-state index in [4.69, 9.17) is 4.74 Å². The van der Waals surface area contributed by atoms with Crippen molar-refractivity contribution >= 4 is 27.4 Å². The lowest BCUT2D eigenvalue weighted by Gasteiger charge is -2.38. The number of aryl methyl sites for hydroxylation is 1.